The molecule has 1 aliphatic carbocycles. The molecule has 1 aliphatic heterocycles. The van der Waals surface area contributed by atoms with Gasteiger partial charge >= 0.3 is 12.1 Å². The minimum atomic E-state index is -5.08. The summed E-state index contributed by atoms with van der Waals surface area (Å²) in [7, 11) is 1.71. The molecule has 1 amide bonds. The Hall–Kier alpha value is -2.82. The average molecular weight is 429 g/mol. The maximum Gasteiger partial charge on any atom is 0.490 e. The molecule has 0 saturated heterocycles. The van der Waals surface area contributed by atoms with Crippen LogP contribution in [0.5, 0.6) is 0 Å². The molecule has 1 N–H and O–H groups in total. The molecule has 1 saturated carbocycles. The van der Waals surface area contributed by atoms with E-state index in [4.69, 9.17) is 19.1 Å². The highest BCUT2D eigenvalue weighted by molar-refractivity contribution is 5.94. The normalized spacial score (nSPS) is 18.4. The molecule has 1 atom stereocenters. The molecule has 2 aromatic rings. The van der Waals surface area contributed by atoms with Crippen LogP contribution in [0.15, 0.2) is 29.3 Å². The second-order valence-corrected chi connectivity index (χ2v) is 7.33. The molecule has 0 aromatic carbocycles. The molecule has 2 aromatic heterocycles. The minimum Gasteiger partial charge on any atom is -0.475 e. The number of alkyl halides is 3. The molecule has 2 aliphatic rings. The molecule has 1 fully saturated rings. The summed E-state index contributed by atoms with van der Waals surface area (Å²) in [6, 6.07) is 1.70. The highest BCUT2D eigenvalue weighted by Crippen LogP contribution is 2.34. The Morgan fingerprint density at radius 1 is 1.37 bits per heavy atom. The zero-order valence-corrected chi connectivity index (χ0v) is 16.3. The number of rotatable bonds is 5. The summed E-state index contributed by atoms with van der Waals surface area (Å²) in [5.41, 5.74) is 2.83. The molecule has 1 unspecified atom stereocenters. The van der Waals surface area contributed by atoms with Gasteiger partial charge in [-0.25, -0.2) is 9.78 Å². The monoisotopic (exact) mass is 429 g/mol. The summed E-state index contributed by atoms with van der Waals surface area (Å²) < 4.78 is 44.4. The van der Waals surface area contributed by atoms with Gasteiger partial charge in [-0.15, -0.1) is 0 Å². The first-order chi connectivity index (χ1) is 14.2. The number of methoxy groups -OCH3 is 1. The maximum atomic E-state index is 12.6. The number of hydrogen-bond donors (Lipinski definition) is 1. The fourth-order valence-electron chi connectivity index (χ4n) is 3.40. The lowest BCUT2D eigenvalue weighted by atomic mass is 9.98. The van der Waals surface area contributed by atoms with E-state index in [1.807, 2.05) is 11.2 Å². The molecule has 0 radical (unpaired) electrons. The van der Waals surface area contributed by atoms with Crippen LogP contribution in [0, 0.1) is 5.92 Å². The number of aromatic nitrogens is 2. The third-order valence-electron chi connectivity index (χ3n) is 4.94. The number of halogens is 3. The van der Waals surface area contributed by atoms with Crippen LogP contribution in [0.25, 0.3) is 0 Å². The van der Waals surface area contributed by atoms with Crippen molar-refractivity contribution in [1.29, 1.82) is 0 Å². The Kier molecular flexibility index (Phi) is 6.49. The van der Waals surface area contributed by atoms with Crippen molar-refractivity contribution >= 4 is 11.9 Å². The maximum absolute atomic E-state index is 12.6. The highest BCUT2D eigenvalue weighted by atomic mass is 19.4. The number of carboxylic acids is 1. The zero-order valence-electron chi connectivity index (χ0n) is 16.3. The molecule has 0 bridgehead atoms. The van der Waals surface area contributed by atoms with Gasteiger partial charge in [0, 0.05) is 31.8 Å². The van der Waals surface area contributed by atoms with Crippen molar-refractivity contribution in [3.05, 3.63) is 41.9 Å². The van der Waals surface area contributed by atoms with Crippen LogP contribution >= 0.6 is 0 Å². The van der Waals surface area contributed by atoms with Crippen LogP contribution in [0.2, 0.25) is 0 Å². The minimum absolute atomic E-state index is 0.0118. The van der Waals surface area contributed by atoms with Gasteiger partial charge < -0.3 is 23.7 Å². The summed E-state index contributed by atoms with van der Waals surface area (Å²) in [6.45, 7) is 2.84. The number of ether oxygens (including phenoxy) is 1. The first-order valence-corrected chi connectivity index (χ1v) is 9.35. The fraction of sp³-hybridized carbons (Fsp3) is 0.526. The second kappa shape index (κ2) is 8.90. The standard InChI is InChI=1S/C17H21N3O3.C2HF3O2/c1-22-9-14-7-19(17(21)13-4-5-23-10-13)8-15-16(14)20(11-18-15)6-12-2-3-12;3-2(4,5)1(6)7/h4-5,10-12,14H,2-3,6-9H2,1H3;(H,6,7). The van der Waals surface area contributed by atoms with E-state index in [-0.39, 0.29) is 11.8 Å². The molecule has 8 nitrogen and oxygen atoms in total. The summed E-state index contributed by atoms with van der Waals surface area (Å²) >= 11 is 0. The number of imidazole rings is 1. The van der Waals surface area contributed by atoms with Gasteiger partial charge in [-0.3, -0.25) is 4.79 Å². The quantitative estimate of drug-likeness (QED) is 0.785. The van der Waals surface area contributed by atoms with E-state index in [1.165, 1.54) is 31.1 Å². The molecule has 11 heteroatoms. The smallest absolute Gasteiger partial charge is 0.475 e. The number of amides is 1. The molecule has 164 valence electrons. The average Bonchev–Trinajstić information content (AvgIpc) is 3.16. The van der Waals surface area contributed by atoms with Crippen molar-refractivity contribution in [2.24, 2.45) is 5.92 Å². The van der Waals surface area contributed by atoms with Crippen molar-refractivity contribution in [1.82, 2.24) is 14.5 Å². The number of carbonyl (C=O) groups excluding carboxylic acids is 1. The number of fused-ring (bicyclic) bond motifs is 1. The SMILES string of the molecule is COCC1CN(C(=O)c2ccoc2)Cc2ncn(CC3CC3)c21.O=C(O)C(F)(F)F. The van der Waals surface area contributed by atoms with Crippen molar-refractivity contribution in [2.75, 3.05) is 20.3 Å². The Labute approximate surface area is 170 Å². The summed E-state index contributed by atoms with van der Waals surface area (Å²) in [4.78, 5) is 27.9. The predicted molar refractivity (Wildman–Crippen MR) is 96.7 cm³/mol. The lowest BCUT2D eigenvalue weighted by molar-refractivity contribution is -0.192. The van der Waals surface area contributed by atoms with E-state index in [9.17, 15) is 18.0 Å². The summed E-state index contributed by atoms with van der Waals surface area (Å²) in [6.07, 6.45) is 2.49. The third kappa shape index (κ3) is 5.21. The highest BCUT2D eigenvalue weighted by Gasteiger charge is 2.38. The van der Waals surface area contributed by atoms with Crippen molar-refractivity contribution < 1.29 is 37.0 Å². The van der Waals surface area contributed by atoms with Crippen LogP contribution in [0.4, 0.5) is 13.2 Å². The van der Waals surface area contributed by atoms with Crippen LogP contribution in [-0.4, -0.2) is 57.9 Å². The van der Waals surface area contributed by atoms with Crippen molar-refractivity contribution in [3.8, 4) is 0 Å². The molecule has 0 spiro atoms. The lowest BCUT2D eigenvalue weighted by Crippen LogP contribution is -2.40. The second-order valence-electron chi connectivity index (χ2n) is 7.33. The first kappa shape index (κ1) is 21.9. The van der Waals surface area contributed by atoms with Gasteiger partial charge in [-0.2, -0.15) is 13.2 Å². The van der Waals surface area contributed by atoms with Gasteiger partial charge in [-0.1, -0.05) is 0 Å². The van der Waals surface area contributed by atoms with E-state index in [0.717, 1.165) is 18.2 Å². The predicted octanol–water partition coefficient (Wildman–Crippen LogP) is 2.91. The molecule has 30 heavy (non-hydrogen) atoms. The molecule has 4 rings (SSSR count). The lowest BCUT2D eigenvalue weighted by Gasteiger charge is -2.32. The van der Waals surface area contributed by atoms with Gasteiger partial charge in [0.05, 0.1) is 37.0 Å². The number of nitrogens with zero attached hydrogens (tertiary/aromatic N) is 3. The Morgan fingerprint density at radius 2 is 2.07 bits per heavy atom. The topological polar surface area (TPSA) is 97.8 Å². The number of carboxylic acid groups (broad SMARTS) is 1. The van der Waals surface area contributed by atoms with Crippen molar-refractivity contribution in [3.63, 3.8) is 0 Å². The van der Waals surface area contributed by atoms with Gasteiger partial charge in [0.15, 0.2) is 0 Å². The van der Waals surface area contributed by atoms with Crippen molar-refractivity contribution in [2.45, 2.75) is 38.0 Å². The van der Waals surface area contributed by atoms with Crippen LogP contribution in [-0.2, 0) is 22.6 Å². The Morgan fingerprint density at radius 3 is 2.60 bits per heavy atom. The van der Waals surface area contributed by atoms with Gasteiger partial charge in [0.1, 0.15) is 6.26 Å². The van der Waals surface area contributed by atoms with E-state index < -0.39 is 12.1 Å². The third-order valence-corrected chi connectivity index (χ3v) is 4.94. The van der Waals surface area contributed by atoms with Crippen LogP contribution in [0.1, 0.15) is 40.5 Å². The zero-order chi connectivity index (χ0) is 21.9. The van der Waals surface area contributed by atoms with Crippen LogP contribution in [0.3, 0.4) is 0 Å². The van der Waals surface area contributed by atoms with E-state index >= 15 is 0 Å². The van der Waals surface area contributed by atoms with E-state index in [1.54, 1.807) is 13.2 Å². The van der Waals surface area contributed by atoms with Gasteiger partial charge in [-0.05, 0) is 24.8 Å². The molecule has 3 heterocycles. The fourth-order valence-corrected chi connectivity index (χ4v) is 3.40. The number of aliphatic carboxylic acids is 1. The number of furan rings is 1. The summed E-state index contributed by atoms with van der Waals surface area (Å²) in [5.74, 6) is -1.81. The van der Waals surface area contributed by atoms with Gasteiger partial charge in [0.25, 0.3) is 5.91 Å². The largest absolute Gasteiger partial charge is 0.490 e. The Balaban J connectivity index is 0.000000318. The van der Waals surface area contributed by atoms with E-state index in [2.05, 4.69) is 9.55 Å². The van der Waals surface area contributed by atoms with Gasteiger partial charge in [0.2, 0.25) is 0 Å². The number of carbonyl (C=O) groups is 2. The molecular weight excluding hydrogens is 407 g/mol. The summed E-state index contributed by atoms with van der Waals surface area (Å²) in [5, 5.41) is 7.12. The molecular formula is C19H22F3N3O5. The first-order valence-electron chi connectivity index (χ1n) is 9.35. The Bertz CT molecular complexity index is 875. The van der Waals surface area contributed by atoms with E-state index in [0.29, 0.717) is 25.3 Å². The number of hydrogen-bond acceptors (Lipinski definition) is 5. The van der Waals surface area contributed by atoms with Crippen LogP contribution < -0.4 is 0 Å².